The van der Waals surface area contributed by atoms with Gasteiger partial charge >= 0.3 is 0 Å². The molecule has 1 atom stereocenters. The van der Waals surface area contributed by atoms with E-state index < -0.39 is 22.3 Å². The van der Waals surface area contributed by atoms with Gasteiger partial charge in [0.15, 0.2) is 0 Å². The van der Waals surface area contributed by atoms with E-state index >= 15 is 0 Å². The van der Waals surface area contributed by atoms with Crippen molar-refractivity contribution in [2.24, 2.45) is 5.92 Å². The van der Waals surface area contributed by atoms with E-state index in [1.165, 1.54) is 10.6 Å². The SMILES string of the molecule is CS(=N)(=O)N1CCC(C(F)F)CC1.Cl. The van der Waals surface area contributed by atoms with Crippen LogP contribution < -0.4 is 0 Å². The molecule has 1 saturated heterocycles. The molecule has 1 N–H and O–H groups in total. The summed E-state index contributed by atoms with van der Waals surface area (Å²) in [7, 11) is -2.69. The molecule has 1 aliphatic rings. The average Bonchev–Trinajstić information content (AvgIpc) is 2.03. The third-order valence-corrected chi connectivity index (χ3v) is 3.70. The van der Waals surface area contributed by atoms with Crippen molar-refractivity contribution in [3.63, 3.8) is 0 Å². The Morgan fingerprint density at radius 1 is 1.43 bits per heavy atom. The Bertz CT molecular complexity index is 263. The van der Waals surface area contributed by atoms with Crippen LogP contribution >= 0.6 is 12.4 Å². The highest BCUT2D eigenvalue weighted by atomic mass is 35.5. The Labute approximate surface area is 89.4 Å². The zero-order chi connectivity index (χ0) is 10.1. The molecule has 1 fully saturated rings. The largest absolute Gasteiger partial charge is 0.241 e. The molecule has 3 nitrogen and oxygen atoms in total. The second-order valence-corrected chi connectivity index (χ2v) is 5.52. The summed E-state index contributed by atoms with van der Waals surface area (Å²) in [5.74, 6) is -0.571. The highest BCUT2D eigenvalue weighted by Gasteiger charge is 2.28. The van der Waals surface area contributed by atoms with E-state index in [0.717, 1.165) is 0 Å². The van der Waals surface area contributed by atoms with Gasteiger partial charge < -0.3 is 0 Å². The van der Waals surface area contributed by atoms with Crippen molar-refractivity contribution < 1.29 is 13.0 Å². The fraction of sp³-hybridized carbons (Fsp3) is 1.00. The first-order valence-corrected chi connectivity index (χ1v) is 6.10. The van der Waals surface area contributed by atoms with Crippen LogP contribution in [0.5, 0.6) is 0 Å². The van der Waals surface area contributed by atoms with Gasteiger partial charge in [-0.1, -0.05) is 0 Å². The maximum atomic E-state index is 12.2. The zero-order valence-corrected chi connectivity index (χ0v) is 9.54. The van der Waals surface area contributed by atoms with E-state index in [2.05, 4.69) is 0 Å². The van der Waals surface area contributed by atoms with Crippen molar-refractivity contribution in [1.82, 2.24) is 4.31 Å². The lowest BCUT2D eigenvalue weighted by molar-refractivity contribution is 0.0496. The lowest BCUT2D eigenvalue weighted by Crippen LogP contribution is -2.38. The van der Waals surface area contributed by atoms with Gasteiger partial charge in [-0.3, -0.25) is 0 Å². The van der Waals surface area contributed by atoms with Crippen molar-refractivity contribution in [3.05, 3.63) is 0 Å². The van der Waals surface area contributed by atoms with Gasteiger partial charge in [0.05, 0.1) is 0 Å². The monoisotopic (exact) mass is 248 g/mol. The Hall–Kier alpha value is 0.0600. The molecule has 0 aromatic rings. The summed E-state index contributed by atoms with van der Waals surface area (Å²) in [4.78, 5) is 0. The number of alkyl halides is 2. The van der Waals surface area contributed by atoms with Crippen LogP contribution in [0.25, 0.3) is 0 Å². The van der Waals surface area contributed by atoms with Crippen LogP contribution in [-0.4, -0.2) is 34.3 Å². The van der Waals surface area contributed by atoms with Gasteiger partial charge in [-0.2, -0.15) is 0 Å². The molecule has 0 radical (unpaired) electrons. The van der Waals surface area contributed by atoms with Crippen LogP contribution in [0, 0.1) is 10.7 Å². The van der Waals surface area contributed by atoms with E-state index in [-0.39, 0.29) is 12.4 Å². The molecule has 0 bridgehead atoms. The molecule has 1 heterocycles. The van der Waals surface area contributed by atoms with E-state index in [1.54, 1.807) is 0 Å². The minimum Gasteiger partial charge on any atom is -0.240 e. The molecular weight excluding hydrogens is 234 g/mol. The molecule has 0 spiro atoms. The van der Waals surface area contributed by atoms with Crippen molar-refractivity contribution >= 4 is 22.3 Å². The van der Waals surface area contributed by atoms with Crippen molar-refractivity contribution in [2.45, 2.75) is 19.3 Å². The second kappa shape index (κ2) is 5.23. The Balaban J connectivity index is 0.00000169. The quantitative estimate of drug-likeness (QED) is 0.798. The molecule has 0 aliphatic carbocycles. The third kappa shape index (κ3) is 3.67. The molecule has 86 valence electrons. The topological polar surface area (TPSA) is 44.2 Å². The fourth-order valence-corrected chi connectivity index (χ4v) is 2.38. The molecule has 0 saturated carbocycles. The van der Waals surface area contributed by atoms with Gasteiger partial charge in [-0.15, -0.1) is 12.4 Å². The lowest BCUT2D eigenvalue weighted by Gasteiger charge is -2.30. The number of halogens is 3. The Kier molecular flexibility index (Phi) is 5.25. The first-order chi connectivity index (χ1) is 5.91. The van der Waals surface area contributed by atoms with Crippen LogP contribution in [0.1, 0.15) is 12.8 Å². The van der Waals surface area contributed by atoms with Crippen molar-refractivity contribution in [2.75, 3.05) is 19.3 Å². The van der Waals surface area contributed by atoms with E-state index in [4.69, 9.17) is 4.78 Å². The van der Waals surface area contributed by atoms with E-state index in [1.807, 2.05) is 0 Å². The third-order valence-electron chi connectivity index (χ3n) is 2.35. The standard InChI is InChI=1S/C7H14F2N2OS.ClH/c1-13(10,12)11-4-2-6(3-5-11)7(8)9;/h6-7,10H,2-5H2,1H3;1H. The molecular formula is C7H15ClF2N2OS. The molecule has 1 unspecified atom stereocenters. The predicted molar refractivity (Wildman–Crippen MR) is 54.3 cm³/mol. The molecule has 0 aromatic carbocycles. The van der Waals surface area contributed by atoms with Gasteiger partial charge in [0.1, 0.15) is 9.92 Å². The Morgan fingerprint density at radius 2 is 1.86 bits per heavy atom. The number of hydrogen-bond donors (Lipinski definition) is 1. The summed E-state index contributed by atoms with van der Waals surface area (Å²) in [6, 6.07) is 0. The molecule has 7 heteroatoms. The number of nitrogens with one attached hydrogen (secondary N) is 1. The van der Waals surface area contributed by atoms with Crippen LogP contribution in [-0.2, 0) is 9.92 Å². The maximum Gasteiger partial charge on any atom is 0.241 e. The molecule has 14 heavy (non-hydrogen) atoms. The van der Waals surface area contributed by atoms with Gasteiger partial charge in [-0.25, -0.2) is 22.1 Å². The first-order valence-electron chi connectivity index (χ1n) is 4.18. The highest BCUT2D eigenvalue weighted by molar-refractivity contribution is 7.89. The second-order valence-electron chi connectivity index (χ2n) is 3.40. The molecule has 0 amide bonds. The van der Waals surface area contributed by atoms with Crippen LogP contribution in [0.4, 0.5) is 8.78 Å². The average molecular weight is 249 g/mol. The minimum absolute atomic E-state index is 0. The number of rotatable bonds is 2. The summed E-state index contributed by atoms with van der Waals surface area (Å²) in [6.45, 7) is 0.710. The summed E-state index contributed by atoms with van der Waals surface area (Å²) in [6.07, 6.45) is -0.251. The van der Waals surface area contributed by atoms with E-state index in [9.17, 15) is 13.0 Å². The predicted octanol–water partition coefficient (Wildman–Crippen LogP) is 1.98. The van der Waals surface area contributed by atoms with Crippen LogP contribution in [0.2, 0.25) is 0 Å². The van der Waals surface area contributed by atoms with Crippen molar-refractivity contribution in [3.8, 4) is 0 Å². The number of nitrogens with zero attached hydrogens (tertiary/aromatic N) is 1. The van der Waals surface area contributed by atoms with Crippen molar-refractivity contribution in [1.29, 1.82) is 4.78 Å². The molecule has 0 aromatic heterocycles. The van der Waals surface area contributed by atoms with Crippen LogP contribution in [0.3, 0.4) is 0 Å². The molecule has 1 rings (SSSR count). The van der Waals surface area contributed by atoms with Gasteiger partial charge in [0, 0.05) is 25.3 Å². The number of piperidine rings is 1. The zero-order valence-electron chi connectivity index (χ0n) is 7.91. The molecule has 1 aliphatic heterocycles. The van der Waals surface area contributed by atoms with Gasteiger partial charge in [0.2, 0.25) is 6.43 Å². The Morgan fingerprint density at radius 3 is 2.14 bits per heavy atom. The summed E-state index contributed by atoms with van der Waals surface area (Å²) in [5, 5.41) is 0. The first kappa shape index (κ1) is 14.1. The minimum atomic E-state index is -2.69. The summed E-state index contributed by atoms with van der Waals surface area (Å²) < 4.78 is 44.4. The smallest absolute Gasteiger partial charge is 0.240 e. The highest BCUT2D eigenvalue weighted by Crippen LogP contribution is 2.24. The normalized spacial score (nSPS) is 24.3. The summed E-state index contributed by atoms with van der Waals surface area (Å²) >= 11 is 0. The van der Waals surface area contributed by atoms with Crippen LogP contribution in [0.15, 0.2) is 0 Å². The fourth-order valence-electron chi connectivity index (χ4n) is 1.48. The lowest BCUT2D eigenvalue weighted by atomic mass is 9.99. The number of hydrogen-bond acceptors (Lipinski definition) is 2. The van der Waals surface area contributed by atoms with E-state index in [0.29, 0.717) is 25.9 Å². The van der Waals surface area contributed by atoms with Gasteiger partial charge in [-0.05, 0) is 12.8 Å². The van der Waals surface area contributed by atoms with Gasteiger partial charge in [0.25, 0.3) is 0 Å². The maximum absolute atomic E-state index is 12.2. The summed E-state index contributed by atoms with van der Waals surface area (Å²) in [5.41, 5.74) is 0.